The third-order valence-electron chi connectivity index (χ3n) is 5.44. The molecule has 0 aromatic heterocycles. The van der Waals surface area contributed by atoms with Gasteiger partial charge in [-0.3, -0.25) is 4.79 Å². The predicted molar refractivity (Wildman–Crippen MR) is 105 cm³/mol. The van der Waals surface area contributed by atoms with Gasteiger partial charge in [0.05, 0.1) is 17.2 Å². The molecule has 1 amide bonds. The zero-order valence-electron chi connectivity index (χ0n) is 17.0. The molecule has 1 heterocycles. The highest BCUT2D eigenvalue weighted by molar-refractivity contribution is 5.97. The summed E-state index contributed by atoms with van der Waals surface area (Å²) in [5.41, 5.74) is 5.90. The molecule has 0 aromatic carbocycles. The van der Waals surface area contributed by atoms with Gasteiger partial charge in [0.15, 0.2) is 0 Å². The molecule has 2 rings (SSSR count). The first kappa shape index (κ1) is 24.2. The zero-order chi connectivity index (χ0) is 22.5. The van der Waals surface area contributed by atoms with Crippen molar-refractivity contribution in [3.8, 4) is 0 Å². The first-order chi connectivity index (χ1) is 14.0. The Hall–Kier alpha value is -2.10. The smallest absolute Gasteiger partial charge is 0.391 e. The molecule has 1 aliphatic carbocycles. The van der Waals surface area contributed by atoms with Gasteiger partial charge in [0, 0.05) is 31.4 Å². The molecule has 1 atom stereocenters. The first-order valence-electron chi connectivity index (χ1n) is 9.99. The molecule has 170 valence electrons. The van der Waals surface area contributed by atoms with Crippen LogP contribution in [0.4, 0.5) is 22.0 Å². The van der Waals surface area contributed by atoms with Crippen LogP contribution in [0.2, 0.25) is 0 Å². The normalized spacial score (nSPS) is 26.4. The minimum atomic E-state index is -4.25. The number of carbonyl (C=O) groups excluding carboxylic acids is 1. The highest BCUT2D eigenvalue weighted by atomic mass is 19.4. The van der Waals surface area contributed by atoms with Crippen LogP contribution in [0, 0.1) is 5.92 Å². The van der Waals surface area contributed by atoms with Crippen LogP contribution in [-0.4, -0.2) is 55.9 Å². The van der Waals surface area contributed by atoms with Crippen LogP contribution in [-0.2, 0) is 4.79 Å². The third kappa shape index (κ3) is 6.45. The fourth-order valence-electron chi connectivity index (χ4n) is 3.92. The van der Waals surface area contributed by atoms with Gasteiger partial charge in [-0.1, -0.05) is 6.58 Å². The van der Waals surface area contributed by atoms with E-state index in [2.05, 4.69) is 17.2 Å². The average Bonchev–Trinajstić information content (AvgIpc) is 3.06. The van der Waals surface area contributed by atoms with E-state index in [0.29, 0.717) is 0 Å². The fraction of sp³-hybridized carbons (Fsp3) is 0.650. The summed E-state index contributed by atoms with van der Waals surface area (Å²) in [6.07, 6.45) is -3.72. The molecule has 0 unspecified atom stereocenters. The Morgan fingerprint density at radius 1 is 1.23 bits per heavy atom. The monoisotopic (exact) mass is 436 g/mol. The van der Waals surface area contributed by atoms with Gasteiger partial charge in [0.1, 0.15) is 12.0 Å². The molecular weight excluding hydrogens is 407 g/mol. The number of nitrogens with zero attached hydrogens (tertiary/aromatic N) is 1. The number of allylic oxidation sites excluding steroid dienone is 1. The van der Waals surface area contributed by atoms with Crippen molar-refractivity contribution in [1.82, 2.24) is 15.5 Å². The van der Waals surface area contributed by atoms with Gasteiger partial charge in [0.2, 0.25) is 0 Å². The standard InChI is InChI=1S/C20H29F5N4O/c1-12(21)18(29-8-7-14(22)11-29)17(9-15(26)10-27-2)19(30)28-16-5-3-13(4-6-16)20(23,24)25/h9,13-14,16,27H,1,3-8,10-11,26H2,2H3,(H,28,30)/b15-9+,18-17-/t13?,14-,16?/m1/s1. The SMILES string of the molecule is C=C(F)/C(=C(\C=C(\N)CNC)C(=O)NC1CCC(C(F)(F)F)CC1)N1CC[C@@H](F)C1. The first-order valence-corrected chi connectivity index (χ1v) is 9.99. The van der Waals surface area contributed by atoms with Crippen molar-refractivity contribution in [2.45, 2.75) is 50.5 Å². The molecule has 4 N–H and O–H groups in total. The lowest BCUT2D eigenvalue weighted by molar-refractivity contribution is -0.182. The number of alkyl halides is 4. The summed E-state index contributed by atoms with van der Waals surface area (Å²) in [5, 5.41) is 5.51. The number of amides is 1. The molecule has 2 aliphatic rings. The van der Waals surface area contributed by atoms with Gasteiger partial charge in [-0.05, 0) is 45.2 Å². The number of hydrogen-bond donors (Lipinski definition) is 3. The van der Waals surface area contributed by atoms with Crippen molar-refractivity contribution in [1.29, 1.82) is 0 Å². The van der Waals surface area contributed by atoms with E-state index >= 15 is 0 Å². The number of carbonyl (C=O) groups is 1. The van der Waals surface area contributed by atoms with Crippen molar-refractivity contribution >= 4 is 5.91 Å². The molecule has 1 saturated heterocycles. The fourth-order valence-corrected chi connectivity index (χ4v) is 3.92. The van der Waals surface area contributed by atoms with E-state index in [4.69, 9.17) is 5.73 Å². The summed E-state index contributed by atoms with van der Waals surface area (Å²) >= 11 is 0. The Morgan fingerprint density at radius 2 is 1.87 bits per heavy atom. The van der Waals surface area contributed by atoms with Crippen LogP contribution in [0.15, 0.2) is 35.4 Å². The molecule has 10 heteroatoms. The lowest BCUT2D eigenvalue weighted by Gasteiger charge is -2.31. The Labute approximate surface area is 173 Å². The van der Waals surface area contributed by atoms with Crippen molar-refractivity contribution < 1.29 is 26.7 Å². The number of halogens is 5. The molecule has 0 radical (unpaired) electrons. The van der Waals surface area contributed by atoms with E-state index in [1.54, 1.807) is 7.05 Å². The van der Waals surface area contributed by atoms with Crippen molar-refractivity contribution in [3.63, 3.8) is 0 Å². The average molecular weight is 436 g/mol. The summed E-state index contributed by atoms with van der Waals surface area (Å²) in [5.74, 6) is -2.94. The molecule has 5 nitrogen and oxygen atoms in total. The molecular formula is C20H29F5N4O. The second kappa shape index (κ2) is 10.3. The molecule has 0 bridgehead atoms. The molecule has 0 spiro atoms. The van der Waals surface area contributed by atoms with Crippen molar-refractivity contribution in [3.05, 3.63) is 35.4 Å². The van der Waals surface area contributed by atoms with Gasteiger partial charge < -0.3 is 21.3 Å². The number of rotatable bonds is 7. The van der Waals surface area contributed by atoms with Gasteiger partial charge in [-0.2, -0.15) is 13.2 Å². The second-order valence-electron chi connectivity index (χ2n) is 7.81. The van der Waals surface area contributed by atoms with Gasteiger partial charge in [-0.25, -0.2) is 8.78 Å². The topological polar surface area (TPSA) is 70.4 Å². The van der Waals surface area contributed by atoms with Crippen LogP contribution in [0.3, 0.4) is 0 Å². The van der Waals surface area contributed by atoms with Crippen LogP contribution in [0.1, 0.15) is 32.1 Å². The van der Waals surface area contributed by atoms with E-state index in [1.807, 2.05) is 0 Å². The van der Waals surface area contributed by atoms with Crippen LogP contribution in [0.25, 0.3) is 0 Å². The summed E-state index contributed by atoms with van der Waals surface area (Å²) in [6, 6.07) is -0.466. The lowest BCUT2D eigenvalue weighted by atomic mass is 9.85. The van der Waals surface area contributed by atoms with E-state index in [0.717, 1.165) is 0 Å². The zero-order valence-corrected chi connectivity index (χ0v) is 17.0. The maximum absolute atomic E-state index is 14.3. The number of hydrogen-bond acceptors (Lipinski definition) is 4. The maximum atomic E-state index is 14.3. The molecule has 30 heavy (non-hydrogen) atoms. The predicted octanol–water partition coefficient (Wildman–Crippen LogP) is 3.07. The molecule has 1 aliphatic heterocycles. The highest BCUT2D eigenvalue weighted by Gasteiger charge is 2.41. The van der Waals surface area contributed by atoms with Crippen LogP contribution < -0.4 is 16.4 Å². The Balaban J connectivity index is 2.25. The largest absolute Gasteiger partial charge is 0.401 e. The molecule has 1 saturated carbocycles. The van der Waals surface area contributed by atoms with E-state index in [9.17, 15) is 26.7 Å². The minimum Gasteiger partial charge on any atom is -0.401 e. The van der Waals surface area contributed by atoms with Crippen molar-refractivity contribution in [2.75, 3.05) is 26.7 Å². The van der Waals surface area contributed by atoms with E-state index in [-0.39, 0.29) is 68.7 Å². The summed E-state index contributed by atoms with van der Waals surface area (Å²) in [7, 11) is 1.65. The summed E-state index contributed by atoms with van der Waals surface area (Å²) < 4.78 is 66.6. The lowest BCUT2D eigenvalue weighted by Crippen LogP contribution is -2.41. The number of likely N-dealkylation sites (tertiary alicyclic amines) is 1. The third-order valence-corrected chi connectivity index (χ3v) is 5.44. The van der Waals surface area contributed by atoms with Crippen LogP contribution in [0.5, 0.6) is 0 Å². The van der Waals surface area contributed by atoms with Gasteiger partial charge in [-0.15, -0.1) is 0 Å². The number of nitrogens with two attached hydrogens (primary N) is 1. The van der Waals surface area contributed by atoms with Gasteiger partial charge in [0.25, 0.3) is 5.91 Å². The Kier molecular flexibility index (Phi) is 8.28. The highest BCUT2D eigenvalue weighted by Crippen LogP contribution is 2.37. The number of likely N-dealkylation sites (N-methyl/N-ethyl adjacent to an activating group) is 1. The quantitative estimate of drug-likeness (QED) is 0.326. The van der Waals surface area contributed by atoms with E-state index < -0.39 is 36.0 Å². The minimum absolute atomic E-state index is 0.0779. The summed E-state index contributed by atoms with van der Waals surface area (Å²) in [6.45, 7) is 3.65. The Bertz CT molecular complexity index is 696. The second-order valence-corrected chi connectivity index (χ2v) is 7.81. The van der Waals surface area contributed by atoms with Crippen LogP contribution >= 0.6 is 0 Å². The number of nitrogens with one attached hydrogen (secondary N) is 2. The summed E-state index contributed by atoms with van der Waals surface area (Å²) in [4.78, 5) is 14.4. The van der Waals surface area contributed by atoms with Crippen molar-refractivity contribution in [2.24, 2.45) is 11.7 Å². The maximum Gasteiger partial charge on any atom is 0.391 e. The molecule has 2 fully saturated rings. The Morgan fingerprint density at radius 3 is 2.33 bits per heavy atom. The molecule has 0 aromatic rings. The van der Waals surface area contributed by atoms with Gasteiger partial charge >= 0.3 is 6.18 Å². The van der Waals surface area contributed by atoms with E-state index in [1.165, 1.54) is 11.0 Å².